The van der Waals surface area contributed by atoms with E-state index >= 15 is 0 Å². The fourth-order valence-corrected chi connectivity index (χ4v) is 3.17. The fourth-order valence-electron chi connectivity index (χ4n) is 2.37. The number of nitrogens with zero attached hydrogens (tertiary/aromatic N) is 1. The highest BCUT2D eigenvalue weighted by Gasteiger charge is 2.12. The first kappa shape index (κ1) is 17.9. The zero-order valence-corrected chi connectivity index (χ0v) is 15.1. The smallest absolute Gasteiger partial charge is 0.271 e. The third-order valence-electron chi connectivity index (χ3n) is 3.73. The Hall–Kier alpha value is -2.93. The SMILES string of the molecule is COc1ccc(CNC(=O)c2csc(-c3ccc(F)cc3)n2)cc1OC. The molecule has 0 saturated heterocycles. The molecule has 0 aliphatic carbocycles. The van der Waals surface area contributed by atoms with Crippen molar-refractivity contribution >= 4 is 17.2 Å². The maximum Gasteiger partial charge on any atom is 0.271 e. The highest BCUT2D eigenvalue weighted by molar-refractivity contribution is 7.13. The van der Waals surface area contributed by atoms with E-state index in [0.717, 1.165) is 11.1 Å². The summed E-state index contributed by atoms with van der Waals surface area (Å²) < 4.78 is 23.4. The predicted molar refractivity (Wildman–Crippen MR) is 98.2 cm³/mol. The van der Waals surface area contributed by atoms with E-state index in [1.54, 1.807) is 37.8 Å². The Morgan fingerprint density at radius 2 is 1.85 bits per heavy atom. The van der Waals surface area contributed by atoms with Crippen molar-refractivity contribution in [3.63, 3.8) is 0 Å². The summed E-state index contributed by atoms with van der Waals surface area (Å²) in [5, 5.41) is 5.18. The molecule has 7 heteroatoms. The first-order valence-corrected chi connectivity index (χ1v) is 8.69. The first-order chi connectivity index (χ1) is 12.6. The van der Waals surface area contributed by atoms with Crippen LogP contribution < -0.4 is 14.8 Å². The Bertz CT molecular complexity index is 909. The largest absolute Gasteiger partial charge is 0.493 e. The lowest BCUT2D eigenvalue weighted by Gasteiger charge is -2.10. The average molecular weight is 372 g/mol. The van der Waals surface area contributed by atoms with Gasteiger partial charge in [-0.15, -0.1) is 11.3 Å². The van der Waals surface area contributed by atoms with Crippen LogP contribution in [0.5, 0.6) is 11.5 Å². The summed E-state index contributed by atoms with van der Waals surface area (Å²) in [6.45, 7) is 0.336. The number of thiazole rings is 1. The molecule has 1 N–H and O–H groups in total. The van der Waals surface area contributed by atoms with Gasteiger partial charge in [0.1, 0.15) is 16.5 Å². The molecule has 0 aliphatic rings. The van der Waals surface area contributed by atoms with Gasteiger partial charge in [-0.3, -0.25) is 4.79 Å². The zero-order chi connectivity index (χ0) is 18.5. The number of benzene rings is 2. The van der Waals surface area contributed by atoms with Gasteiger partial charge in [-0.25, -0.2) is 9.37 Å². The first-order valence-electron chi connectivity index (χ1n) is 7.81. The minimum absolute atomic E-state index is 0.274. The number of aromatic nitrogens is 1. The zero-order valence-electron chi connectivity index (χ0n) is 14.3. The lowest BCUT2D eigenvalue weighted by atomic mass is 10.2. The summed E-state index contributed by atoms with van der Waals surface area (Å²) in [6, 6.07) is 11.5. The Labute approximate surface area is 154 Å². The minimum atomic E-state index is -0.307. The number of carbonyl (C=O) groups excluding carboxylic acids is 1. The highest BCUT2D eigenvalue weighted by Crippen LogP contribution is 2.27. The van der Waals surface area contributed by atoms with E-state index in [1.807, 2.05) is 12.1 Å². The van der Waals surface area contributed by atoms with Gasteiger partial charge in [-0.05, 0) is 42.0 Å². The summed E-state index contributed by atoms with van der Waals surface area (Å²) in [6.07, 6.45) is 0. The molecule has 3 aromatic rings. The van der Waals surface area contributed by atoms with Gasteiger partial charge in [0, 0.05) is 17.5 Å². The summed E-state index contributed by atoms with van der Waals surface area (Å²) >= 11 is 1.34. The molecule has 1 aromatic heterocycles. The number of rotatable bonds is 6. The summed E-state index contributed by atoms with van der Waals surface area (Å²) in [4.78, 5) is 16.6. The molecular formula is C19H17FN2O3S. The van der Waals surface area contributed by atoms with Gasteiger partial charge in [0.15, 0.2) is 11.5 Å². The standard InChI is InChI=1S/C19H17FN2O3S/c1-24-16-8-3-12(9-17(16)25-2)10-21-18(23)15-11-26-19(22-15)13-4-6-14(20)7-5-13/h3-9,11H,10H2,1-2H3,(H,21,23). The predicted octanol–water partition coefficient (Wildman–Crippen LogP) is 3.90. The van der Waals surface area contributed by atoms with Gasteiger partial charge in [0.25, 0.3) is 5.91 Å². The van der Waals surface area contributed by atoms with Crippen LogP contribution in [0.25, 0.3) is 10.6 Å². The van der Waals surface area contributed by atoms with Crippen molar-refractivity contribution in [3.05, 3.63) is 64.9 Å². The maximum absolute atomic E-state index is 13.0. The second-order valence-electron chi connectivity index (χ2n) is 5.42. The highest BCUT2D eigenvalue weighted by atomic mass is 32.1. The number of nitrogens with one attached hydrogen (secondary N) is 1. The second-order valence-corrected chi connectivity index (χ2v) is 6.27. The molecule has 0 fully saturated rings. The molecule has 0 bridgehead atoms. The minimum Gasteiger partial charge on any atom is -0.493 e. The van der Waals surface area contributed by atoms with Crippen LogP contribution in [0.3, 0.4) is 0 Å². The van der Waals surface area contributed by atoms with Gasteiger partial charge in [0.2, 0.25) is 0 Å². The van der Waals surface area contributed by atoms with Crippen LogP contribution in [0, 0.1) is 5.82 Å². The third-order valence-corrected chi connectivity index (χ3v) is 4.62. The molecule has 0 atom stereocenters. The summed E-state index contributed by atoms with van der Waals surface area (Å²) in [7, 11) is 3.13. The van der Waals surface area contributed by atoms with Crippen molar-refractivity contribution < 1.29 is 18.7 Å². The number of ether oxygens (including phenoxy) is 2. The number of hydrogen-bond acceptors (Lipinski definition) is 5. The molecule has 0 spiro atoms. The molecule has 0 aliphatic heterocycles. The van der Waals surface area contributed by atoms with E-state index in [9.17, 15) is 9.18 Å². The van der Waals surface area contributed by atoms with Crippen LogP contribution in [0.15, 0.2) is 47.8 Å². The molecule has 5 nitrogen and oxygen atoms in total. The third kappa shape index (κ3) is 4.00. The Kier molecular flexibility index (Phi) is 5.48. The van der Waals surface area contributed by atoms with E-state index < -0.39 is 0 Å². The van der Waals surface area contributed by atoms with Crippen LogP contribution in [-0.4, -0.2) is 25.1 Å². The van der Waals surface area contributed by atoms with Crippen LogP contribution in [0.1, 0.15) is 16.1 Å². The van der Waals surface area contributed by atoms with Gasteiger partial charge in [-0.2, -0.15) is 0 Å². The molecule has 3 rings (SSSR count). The number of carbonyl (C=O) groups is 1. The maximum atomic E-state index is 13.0. The van der Waals surface area contributed by atoms with Gasteiger partial charge >= 0.3 is 0 Å². The lowest BCUT2D eigenvalue weighted by Crippen LogP contribution is -2.23. The summed E-state index contributed by atoms with van der Waals surface area (Å²) in [5.74, 6) is 0.653. The van der Waals surface area contributed by atoms with Gasteiger partial charge < -0.3 is 14.8 Å². The number of methoxy groups -OCH3 is 2. The molecule has 134 valence electrons. The second kappa shape index (κ2) is 7.97. The monoisotopic (exact) mass is 372 g/mol. The molecule has 0 unspecified atom stereocenters. The number of hydrogen-bond donors (Lipinski definition) is 1. The van der Waals surface area contributed by atoms with Crippen molar-refractivity contribution in [2.45, 2.75) is 6.54 Å². The Morgan fingerprint density at radius 1 is 1.12 bits per heavy atom. The Morgan fingerprint density at radius 3 is 2.54 bits per heavy atom. The molecular weight excluding hydrogens is 355 g/mol. The molecule has 1 heterocycles. The van der Waals surface area contributed by atoms with E-state index in [4.69, 9.17) is 9.47 Å². The van der Waals surface area contributed by atoms with Crippen molar-refractivity contribution in [1.29, 1.82) is 0 Å². The molecule has 0 radical (unpaired) electrons. The van der Waals surface area contributed by atoms with Gasteiger partial charge in [-0.1, -0.05) is 6.07 Å². The van der Waals surface area contributed by atoms with Crippen LogP contribution in [-0.2, 0) is 6.54 Å². The molecule has 2 aromatic carbocycles. The molecule has 0 saturated carbocycles. The van der Waals surface area contributed by atoms with Crippen molar-refractivity contribution in [1.82, 2.24) is 10.3 Å². The molecule has 26 heavy (non-hydrogen) atoms. The normalized spacial score (nSPS) is 10.4. The van der Waals surface area contributed by atoms with Gasteiger partial charge in [0.05, 0.1) is 14.2 Å². The fraction of sp³-hybridized carbons (Fsp3) is 0.158. The Balaban J connectivity index is 1.66. The van der Waals surface area contributed by atoms with Crippen molar-refractivity contribution in [2.75, 3.05) is 14.2 Å². The van der Waals surface area contributed by atoms with Crippen LogP contribution >= 0.6 is 11.3 Å². The van der Waals surface area contributed by atoms with Crippen LogP contribution in [0.4, 0.5) is 4.39 Å². The quantitative estimate of drug-likeness (QED) is 0.713. The lowest BCUT2D eigenvalue weighted by molar-refractivity contribution is 0.0946. The number of amides is 1. The topological polar surface area (TPSA) is 60.5 Å². The van der Waals surface area contributed by atoms with E-state index in [2.05, 4.69) is 10.3 Å². The van der Waals surface area contributed by atoms with Crippen LogP contribution in [0.2, 0.25) is 0 Å². The van der Waals surface area contributed by atoms with E-state index in [0.29, 0.717) is 28.7 Å². The number of halogens is 1. The average Bonchev–Trinajstić information content (AvgIpc) is 3.16. The van der Waals surface area contributed by atoms with Crippen molar-refractivity contribution in [2.24, 2.45) is 0 Å². The summed E-state index contributed by atoms with van der Waals surface area (Å²) in [5.41, 5.74) is 1.98. The van der Waals surface area contributed by atoms with Crippen molar-refractivity contribution in [3.8, 4) is 22.1 Å². The molecule has 1 amide bonds. The van der Waals surface area contributed by atoms with E-state index in [-0.39, 0.29) is 11.7 Å². The van der Waals surface area contributed by atoms with E-state index in [1.165, 1.54) is 23.5 Å².